The molecule has 1 aliphatic rings. The molecule has 1 fully saturated rings. The molecule has 11 heteroatoms. The zero-order valence-corrected chi connectivity index (χ0v) is 18.6. The number of aromatic nitrogens is 3. The highest BCUT2D eigenvalue weighted by molar-refractivity contribution is 7.20. The Bertz CT molecular complexity index is 1250. The van der Waals surface area contributed by atoms with Crippen molar-refractivity contribution < 1.29 is 14.3 Å². The molecule has 1 atom stereocenters. The fourth-order valence-electron chi connectivity index (χ4n) is 3.58. The van der Waals surface area contributed by atoms with Crippen molar-refractivity contribution >= 4 is 39.2 Å². The van der Waals surface area contributed by atoms with Crippen LogP contribution in [0.3, 0.4) is 0 Å². The summed E-state index contributed by atoms with van der Waals surface area (Å²) in [5.41, 5.74) is 0.979. The molecule has 32 heavy (non-hydrogen) atoms. The first kappa shape index (κ1) is 21.6. The van der Waals surface area contributed by atoms with Crippen molar-refractivity contribution in [2.24, 2.45) is 11.8 Å². The van der Waals surface area contributed by atoms with Crippen LogP contribution >= 0.6 is 11.3 Å². The van der Waals surface area contributed by atoms with E-state index in [0.717, 1.165) is 11.3 Å². The molecule has 0 saturated carbocycles. The fraction of sp³-hybridized carbons (Fsp3) is 0.381. The molecular formula is C21H22N6O4S. The van der Waals surface area contributed by atoms with Gasteiger partial charge in [0.05, 0.1) is 30.3 Å². The average Bonchev–Trinajstić information content (AvgIpc) is 3.29. The Hall–Kier alpha value is -3.65. The van der Waals surface area contributed by atoms with E-state index in [1.807, 2.05) is 13.8 Å². The van der Waals surface area contributed by atoms with E-state index in [1.165, 1.54) is 13.3 Å². The van der Waals surface area contributed by atoms with Crippen LogP contribution in [0.2, 0.25) is 0 Å². The topological polar surface area (TPSA) is 144 Å². The normalized spacial score (nSPS) is 14.8. The Morgan fingerprint density at radius 3 is 2.78 bits per heavy atom. The lowest BCUT2D eigenvalue weighted by Crippen LogP contribution is -2.55. The number of nitrogens with one attached hydrogen (secondary N) is 3. The Morgan fingerprint density at radius 1 is 1.41 bits per heavy atom. The minimum Gasteiger partial charge on any atom is -0.465 e. The van der Waals surface area contributed by atoms with E-state index in [9.17, 15) is 14.4 Å². The van der Waals surface area contributed by atoms with Gasteiger partial charge in [0.15, 0.2) is 0 Å². The van der Waals surface area contributed by atoms with Crippen LogP contribution in [-0.2, 0) is 9.53 Å². The summed E-state index contributed by atoms with van der Waals surface area (Å²) < 4.78 is 4.74. The van der Waals surface area contributed by atoms with E-state index in [0.29, 0.717) is 39.8 Å². The summed E-state index contributed by atoms with van der Waals surface area (Å²) in [5.74, 6) is -0.423. The molecule has 166 valence electrons. The molecule has 0 aliphatic carbocycles. The third-order valence-corrected chi connectivity index (χ3v) is 6.39. The van der Waals surface area contributed by atoms with Crippen molar-refractivity contribution in [3.63, 3.8) is 0 Å². The molecule has 1 aliphatic heterocycles. The van der Waals surface area contributed by atoms with Crippen molar-refractivity contribution in [2.75, 3.05) is 25.5 Å². The van der Waals surface area contributed by atoms with E-state index in [4.69, 9.17) is 10.00 Å². The number of hydrogen-bond acceptors (Lipinski definition) is 8. The largest absolute Gasteiger partial charge is 0.465 e. The van der Waals surface area contributed by atoms with Gasteiger partial charge in [0.25, 0.3) is 5.56 Å². The number of H-pyrrole nitrogens is 2. The third kappa shape index (κ3) is 3.85. The van der Waals surface area contributed by atoms with Gasteiger partial charge in [-0.15, -0.1) is 11.3 Å². The predicted molar refractivity (Wildman–Crippen MR) is 119 cm³/mol. The number of rotatable bonds is 6. The molecule has 0 radical (unpaired) electrons. The summed E-state index contributed by atoms with van der Waals surface area (Å²) in [6, 6.07) is 4.91. The second-order valence-corrected chi connectivity index (χ2v) is 8.97. The number of imidazole rings is 1. The molecule has 0 spiro atoms. The van der Waals surface area contributed by atoms with Gasteiger partial charge in [-0.3, -0.25) is 9.59 Å². The molecule has 3 aromatic heterocycles. The molecule has 10 nitrogen and oxygen atoms in total. The van der Waals surface area contributed by atoms with Gasteiger partial charge in [-0.05, 0) is 18.1 Å². The van der Waals surface area contributed by atoms with Crippen LogP contribution in [0.4, 0.5) is 5.69 Å². The number of nitrogens with zero attached hydrogens (tertiary/aromatic N) is 3. The maximum absolute atomic E-state index is 13.0. The monoisotopic (exact) mass is 454 g/mol. The first-order chi connectivity index (χ1) is 15.3. The van der Waals surface area contributed by atoms with Crippen LogP contribution in [0.25, 0.3) is 21.7 Å². The minimum atomic E-state index is -0.572. The number of nitriles is 1. The zero-order chi connectivity index (χ0) is 23.0. The number of aromatic amines is 2. The lowest BCUT2D eigenvalue weighted by atomic mass is 9.96. The van der Waals surface area contributed by atoms with E-state index >= 15 is 0 Å². The third-order valence-electron chi connectivity index (χ3n) is 5.38. The zero-order valence-electron chi connectivity index (χ0n) is 17.8. The van der Waals surface area contributed by atoms with E-state index < -0.39 is 12.0 Å². The summed E-state index contributed by atoms with van der Waals surface area (Å²) in [7, 11) is 1.31. The maximum Gasteiger partial charge on any atom is 0.348 e. The smallest absolute Gasteiger partial charge is 0.348 e. The molecule has 4 heterocycles. The number of fused-ring (bicyclic) bond motifs is 1. The Labute approximate surface area is 187 Å². The Balaban J connectivity index is 1.65. The standard InChI is InChI=1S/C21H22N6O4S/c1-10(2)16(20(29)27-8-11(7-22)9-27)24-12-4-5-23-18(28)15(12)17-25-13-6-14(21(30)31-3)32-19(13)26-17/h4-6,10-11,16H,8-9H2,1-3H3,(H,25,26)(H2,23,24,28)/t16-/m1/s1. The van der Waals surface area contributed by atoms with Crippen molar-refractivity contribution in [3.05, 3.63) is 33.6 Å². The number of carbonyl (C=O) groups excluding carboxylic acids is 2. The minimum absolute atomic E-state index is 0.0570. The second-order valence-electron chi connectivity index (χ2n) is 7.94. The number of ether oxygens (including phenoxy) is 1. The van der Waals surface area contributed by atoms with Crippen molar-refractivity contribution in [2.45, 2.75) is 19.9 Å². The quantitative estimate of drug-likeness (QED) is 0.484. The van der Waals surface area contributed by atoms with Crippen molar-refractivity contribution in [3.8, 4) is 17.5 Å². The molecule has 3 aromatic rings. The molecule has 3 N–H and O–H groups in total. The van der Waals surface area contributed by atoms with Gasteiger partial charge >= 0.3 is 5.97 Å². The lowest BCUT2D eigenvalue weighted by molar-refractivity contribution is -0.138. The number of amides is 1. The number of esters is 1. The molecule has 1 amide bonds. The van der Waals surface area contributed by atoms with E-state index in [2.05, 4.69) is 26.3 Å². The van der Waals surface area contributed by atoms with Crippen LogP contribution in [0.15, 0.2) is 23.1 Å². The Kier molecular flexibility index (Phi) is 5.71. The van der Waals surface area contributed by atoms with E-state index in [1.54, 1.807) is 17.0 Å². The number of anilines is 1. The summed E-state index contributed by atoms with van der Waals surface area (Å²) in [5, 5.41) is 12.2. The van der Waals surface area contributed by atoms with Crippen LogP contribution in [0, 0.1) is 23.2 Å². The number of methoxy groups -OCH3 is 1. The van der Waals surface area contributed by atoms with Gasteiger partial charge < -0.3 is 24.9 Å². The molecule has 4 rings (SSSR count). The number of thiophene rings is 1. The summed E-state index contributed by atoms with van der Waals surface area (Å²) >= 11 is 1.16. The molecule has 0 aromatic carbocycles. The average molecular weight is 455 g/mol. The van der Waals surface area contributed by atoms with Gasteiger partial charge in [-0.2, -0.15) is 5.26 Å². The maximum atomic E-state index is 13.0. The molecule has 0 bridgehead atoms. The molecule has 1 saturated heterocycles. The second kappa shape index (κ2) is 8.47. The summed E-state index contributed by atoms with van der Waals surface area (Å²) in [4.78, 5) is 50.3. The van der Waals surface area contributed by atoms with Crippen LogP contribution < -0.4 is 10.9 Å². The van der Waals surface area contributed by atoms with Crippen LogP contribution in [0.1, 0.15) is 23.5 Å². The number of pyridine rings is 1. The van der Waals surface area contributed by atoms with Gasteiger partial charge in [0.2, 0.25) is 5.91 Å². The highest BCUT2D eigenvalue weighted by Crippen LogP contribution is 2.30. The van der Waals surface area contributed by atoms with Crippen molar-refractivity contribution in [1.82, 2.24) is 19.9 Å². The number of carbonyl (C=O) groups is 2. The first-order valence-corrected chi connectivity index (χ1v) is 10.9. The van der Waals surface area contributed by atoms with Gasteiger partial charge in [0.1, 0.15) is 27.1 Å². The highest BCUT2D eigenvalue weighted by atomic mass is 32.1. The Morgan fingerprint density at radius 2 is 2.16 bits per heavy atom. The fourth-order valence-corrected chi connectivity index (χ4v) is 4.49. The first-order valence-electron chi connectivity index (χ1n) is 10.1. The van der Waals surface area contributed by atoms with Gasteiger partial charge in [-0.1, -0.05) is 13.8 Å². The predicted octanol–water partition coefficient (Wildman–Crippen LogP) is 2.18. The summed E-state index contributed by atoms with van der Waals surface area (Å²) in [6.07, 6.45) is 1.51. The van der Waals surface area contributed by atoms with Gasteiger partial charge in [-0.25, -0.2) is 9.78 Å². The van der Waals surface area contributed by atoms with E-state index in [-0.39, 0.29) is 28.9 Å². The van der Waals surface area contributed by atoms with Gasteiger partial charge in [0, 0.05) is 19.3 Å². The molecule has 0 unspecified atom stereocenters. The highest BCUT2D eigenvalue weighted by Gasteiger charge is 2.36. The van der Waals surface area contributed by atoms with Crippen LogP contribution in [-0.4, -0.2) is 58.0 Å². The number of hydrogen-bond donors (Lipinski definition) is 3. The lowest BCUT2D eigenvalue weighted by Gasteiger charge is -2.39. The SMILES string of the molecule is COC(=O)c1cc2[nH]c(-c3c(N[C@@H](C(=O)N4CC(C#N)C4)C(C)C)cc[nH]c3=O)nc2s1. The van der Waals surface area contributed by atoms with Crippen molar-refractivity contribution in [1.29, 1.82) is 5.26 Å². The van der Waals surface area contributed by atoms with Crippen LogP contribution in [0.5, 0.6) is 0 Å². The summed E-state index contributed by atoms with van der Waals surface area (Å²) in [6.45, 7) is 4.67. The molecular weight excluding hydrogens is 432 g/mol. The number of likely N-dealkylation sites (tertiary alicyclic amines) is 1.